The number of fused-ring (bicyclic) bond motifs is 1. The molecule has 3 aromatic carbocycles. The van der Waals surface area contributed by atoms with E-state index in [4.69, 9.17) is 4.74 Å². The molecule has 8 heteroatoms. The molecule has 3 heterocycles. The largest absolute Gasteiger partial charge is 0.444 e. The highest BCUT2D eigenvalue weighted by Crippen LogP contribution is 2.33. The molecule has 1 N–H and O–H groups in total. The summed E-state index contributed by atoms with van der Waals surface area (Å²) in [5, 5.41) is 0. The first-order chi connectivity index (χ1) is 20.0. The van der Waals surface area contributed by atoms with Gasteiger partial charge < -0.3 is 19.5 Å². The average Bonchev–Trinajstić information content (AvgIpc) is 3.57. The zero-order chi connectivity index (χ0) is 28.3. The molecule has 41 heavy (non-hydrogen) atoms. The number of piperidine rings is 1. The van der Waals surface area contributed by atoms with Crippen LogP contribution in [0, 0.1) is 0 Å². The zero-order valence-corrected chi connectivity index (χ0v) is 23.2. The number of likely N-dealkylation sites (tertiary alicyclic amines) is 1. The molecule has 1 aromatic heterocycles. The van der Waals surface area contributed by atoms with Crippen LogP contribution < -0.4 is 10.6 Å². The van der Waals surface area contributed by atoms with E-state index in [1.165, 1.54) is 12.5 Å². The van der Waals surface area contributed by atoms with Gasteiger partial charge in [0.2, 0.25) is 0 Å². The Morgan fingerprint density at radius 1 is 0.951 bits per heavy atom. The highest BCUT2D eigenvalue weighted by atomic mass is 16.5. The van der Waals surface area contributed by atoms with E-state index >= 15 is 0 Å². The number of hydrogen-bond acceptors (Lipinski definition) is 5. The Kier molecular flexibility index (Phi) is 7.46. The third-order valence-corrected chi connectivity index (χ3v) is 8.10. The molecular formula is C33H34N4O4. The van der Waals surface area contributed by atoms with Gasteiger partial charge in [-0.2, -0.15) is 0 Å². The summed E-state index contributed by atoms with van der Waals surface area (Å²) in [6, 6.07) is 25.8. The van der Waals surface area contributed by atoms with E-state index in [0.29, 0.717) is 23.6 Å². The lowest BCUT2D eigenvalue weighted by atomic mass is 9.95. The first-order valence-electron chi connectivity index (χ1n) is 14.3. The van der Waals surface area contributed by atoms with Crippen molar-refractivity contribution in [2.75, 3.05) is 24.7 Å². The fraction of sp³-hybridized carbons (Fsp3) is 0.303. The van der Waals surface area contributed by atoms with Gasteiger partial charge in [-0.05, 0) is 55.4 Å². The van der Waals surface area contributed by atoms with Gasteiger partial charge in [-0.15, -0.1) is 0 Å². The molecule has 0 saturated carbocycles. The zero-order valence-electron chi connectivity index (χ0n) is 23.2. The number of benzene rings is 3. The molecule has 2 aliphatic heterocycles. The molecule has 6 rings (SSSR count). The van der Waals surface area contributed by atoms with Crippen LogP contribution in [0.2, 0.25) is 0 Å². The second-order valence-electron chi connectivity index (χ2n) is 10.8. The van der Waals surface area contributed by atoms with Crippen LogP contribution in [0.4, 0.5) is 5.69 Å². The highest BCUT2D eigenvalue weighted by molar-refractivity contribution is 5.99. The van der Waals surface area contributed by atoms with Crippen molar-refractivity contribution in [1.82, 2.24) is 14.5 Å². The number of aromatic amines is 1. The van der Waals surface area contributed by atoms with E-state index in [-0.39, 0.29) is 30.3 Å². The van der Waals surface area contributed by atoms with Crippen molar-refractivity contribution < 1.29 is 14.3 Å². The van der Waals surface area contributed by atoms with Crippen LogP contribution in [-0.4, -0.2) is 52.2 Å². The third-order valence-electron chi connectivity index (χ3n) is 8.10. The maximum Gasteiger partial charge on any atom is 0.331 e. The summed E-state index contributed by atoms with van der Waals surface area (Å²) in [4.78, 5) is 46.2. The van der Waals surface area contributed by atoms with Gasteiger partial charge in [0.25, 0.3) is 5.91 Å². The third kappa shape index (κ3) is 5.42. The molecule has 1 saturated heterocycles. The number of hydrogen-bond donors (Lipinski definition) is 1. The van der Waals surface area contributed by atoms with E-state index < -0.39 is 0 Å². The fourth-order valence-electron chi connectivity index (χ4n) is 6.09. The standard InChI is InChI=1S/C33H34N4O4/c1-23(38)41-22-35-19-17-25-15-16-28(21-29(25)35)37-31(26-12-6-3-7-13-26)30(34-33(37)40)32(39)36-18-9-8-14-27(36)20-24-10-4-2-5-11-24/h2-7,10-13,15-16,21,27H,8-9,14,17-20,22H2,1H3,(H,34,40). The predicted octanol–water partition coefficient (Wildman–Crippen LogP) is 4.95. The van der Waals surface area contributed by atoms with Crippen LogP contribution in [0.5, 0.6) is 0 Å². The number of esters is 1. The quantitative estimate of drug-likeness (QED) is 0.329. The van der Waals surface area contributed by atoms with Crippen molar-refractivity contribution in [2.24, 2.45) is 0 Å². The van der Waals surface area contributed by atoms with Gasteiger partial charge in [0.1, 0.15) is 5.69 Å². The van der Waals surface area contributed by atoms with E-state index in [2.05, 4.69) is 17.1 Å². The predicted molar refractivity (Wildman–Crippen MR) is 158 cm³/mol. The lowest BCUT2D eigenvalue weighted by Crippen LogP contribution is -2.45. The van der Waals surface area contributed by atoms with Crippen LogP contribution in [0.15, 0.2) is 83.7 Å². The summed E-state index contributed by atoms with van der Waals surface area (Å²) in [6.07, 6.45) is 4.54. The Balaban J connectivity index is 1.41. The van der Waals surface area contributed by atoms with Gasteiger partial charge in [-0.1, -0.05) is 66.7 Å². The number of H-pyrrole nitrogens is 1. The maximum atomic E-state index is 14.3. The number of imidazole rings is 1. The molecular weight excluding hydrogens is 516 g/mol. The number of rotatable bonds is 7. The lowest BCUT2D eigenvalue weighted by molar-refractivity contribution is -0.140. The van der Waals surface area contributed by atoms with E-state index in [9.17, 15) is 14.4 Å². The number of nitrogens with one attached hydrogen (secondary N) is 1. The topological polar surface area (TPSA) is 87.6 Å². The van der Waals surface area contributed by atoms with Gasteiger partial charge >= 0.3 is 11.7 Å². The molecule has 1 atom stereocenters. The minimum absolute atomic E-state index is 0.0592. The molecule has 0 spiro atoms. The molecule has 0 radical (unpaired) electrons. The van der Waals surface area contributed by atoms with Crippen molar-refractivity contribution in [3.8, 4) is 16.9 Å². The Labute approximate surface area is 239 Å². The number of aromatic nitrogens is 2. The normalized spacial score (nSPS) is 16.5. The summed E-state index contributed by atoms with van der Waals surface area (Å²) >= 11 is 0. The van der Waals surface area contributed by atoms with Gasteiger partial charge in [-0.25, -0.2) is 4.79 Å². The van der Waals surface area contributed by atoms with Gasteiger partial charge in [-0.3, -0.25) is 14.2 Å². The van der Waals surface area contributed by atoms with Crippen molar-refractivity contribution >= 4 is 17.6 Å². The maximum absolute atomic E-state index is 14.3. The number of carbonyl (C=O) groups excluding carboxylic acids is 2. The van der Waals surface area contributed by atoms with Crippen LogP contribution in [0.25, 0.3) is 16.9 Å². The van der Waals surface area contributed by atoms with Crippen LogP contribution in [0.3, 0.4) is 0 Å². The Bertz CT molecular complexity index is 1610. The first kappa shape index (κ1) is 26.6. The second-order valence-corrected chi connectivity index (χ2v) is 10.8. The molecule has 1 amide bonds. The minimum Gasteiger partial charge on any atom is -0.444 e. The second kappa shape index (κ2) is 11.5. The number of anilines is 1. The molecule has 0 bridgehead atoms. The Hall–Kier alpha value is -4.59. The van der Waals surface area contributed by atoms with Gasteiger partial charge in [0, 0.05) is 37.3 Å². The van der Waals surface area contributed by atoms with Crippen molar-refractivity contribution in [3.63, 3.8) is 0 Å². The molecule has 1 unspecified atom stereocenters. The lowest BCUT2D eigenvalue weighted by Gasteiger charge is -2.36. The number of carbonyl (C=O) groups is 2. The molecule has 0 aliphatic carbocycles. The van der Waals surface area contributed by atoms with E-state index in [1.54, 1.807) is 4.57 Å². The molecule has 2 aliphatic rings. The monoisotopic (exact) mass is 550 g/mol. The molecule has 1 fully saturated rings. The SMILES string of the molecule is CC(=O)OCN1CCc2ccc(-n3c(-c4ccccc4)c(C(=O)N4CCCCC4Cc4ccccc4)[nH]c3=O)cc21. The molecule has 4 aromatic rings. The average molecular weight is 551 g/mol. The smallest absolute Gasteiger partial charge is 0.331 e. The number of ether oxygens (including phenoxy) is 1. The summed E-state index contributed by atoms with van der Waals surface area (Å²) in [6.45, 7) is 2.92. The summed E-state index contributed by atoms with van der Waals surface area (Å²) in [5.74, 6) is -0.493. The first-order valence-corrected chi connectivity index (χ1v) is 14.3. The van der Waals surface area contributed by atoms with E-state index in [1.807, 2.05) is 76.5 Å². The number of nitrogens with zero attached hydrogens (tertiary/aromatic N) is 3. The van der Waals surface area contributed by atoms with Crippen LogP contribution >= 0.6 is 0 Å². The van der Waals surface area contributed by atoms with Crippen molar-refractivity contribution in [1.29, 1.82) is 0 Å². The minimum atomic E-state index is -0.367. The van der Waals surface area contributed by atoms with Gasteiger partial charge in [0.05, 0.1) is 11.4 Å². The molecule has 8 nitrogen and oxygen atoms in total. The van der Waals surface area contributed by atoms with E-state index in [0.717, 1.165) is 55.5 Å². The summed E-state index contributed by atoms with van der Waals surface area (Å²) < 4.78 is 6.86. The Morgan fingerprint density at radius 2 is 1.71 bits per heavy atom. The van der Waals surface area contributed by atoms with Crippen molar-refractivity contribution in [3.05, 3.63) is 106 Å². The summed E-state index contributed by atoms with van der Waals surface area (Å²) in [7, 11) is 0. The Morgan fingerprint density at radius 3 is 2.46 bits per heavy atom. The van der Waals surface area contributed by atoms with Crippen LogP contribution in [-0.2, 0) is 22.4 Å². The van der Waals surface area contributed by atoms with Gasteiger partial charge in [0.15, 0.2) is 6.73 Å². The fourth-order valence-corrected chi connectivity index (χ4v) is 6.09. The summed E-state index contributed by atoms with van der Waals surface area (Å²) in [5.41, 5.74) is 5.16. The number of amides is 1. The van der Waals surface area contributed by atoms with Crippen LogP contribution in [0.1, 0.15) is 47.8 Å². The molecule has 210 valence electrons. The highest BCUT2D eigenvalue weighted by Gasteiger charge is 2.32. The van der Waals surface area contributed by atoms with Crippen molar-refractivity contribution in [2.45, 2.75) is 45.1 Å².